The molecule has 120 valence electrons. The molecular formula is C18H37NO. The number of unbranched alkanes of at least 4 members (excludes halogenated alkanes) is 9. The second-order valence-corrected chi connectivity index (χ2v) is 6.63. The molecule has 1 fully saturated rings. The lowest BCUT2D eigenvalue weighted by molar-refractivity contribution is 0.169. The molecule has 0 aliphatic carbocycles. The number of rotatable bonds is 13. The van der Waals surface area contributed by atoms with E-state index in [-0.39, 0.29) is 0 Å². The minimum absolute atomic E-state index is 0.314. The van der Waals surface area contributed by atoms with Gasteiger partial charge in [0.15, 0.2) is 0 Å². The van der Waals surface area contributed by atoms with E-state index in [1.807, 2.05) is 0 Å². The van der Waals surface area contributed by atoms with Crippen molar-refractivity contribution in [1.82, 2.24) is 5.32 Å². The molecule has 1 N–H and O–H groups in total. The largest absolute Gasteiger partial charge is 0.364 e. The van der Waals surface area contributed by atoms with Gasteiger partial charge in [0.25, 0.3) is 0 Å². The fourth-order valence-electron chi connectivity index (χ4n) is 3.38. The Morgan fingerprint density at radius 3 is 1.85 bits per heavy atom. The van der Waals surface area contributed by atoms with Crippen molar-refractivity contribution in [3.8, 4) is 0 Å². The van der Waals surface area contributed by atoms with E-state index in [1.165, 1.54) is 83.5 Å². The van der Waals surface area contributed by atoms with Crippen LogP contribution in [-0.4, -0.2) is 18.9 Å². The quantitative estimate of drug-likeness (QED) is 0.456. The zero-order chi connectivity index (χ0) is 14.5. The van der Waals surface area contributed by atoms with Crippen LogP contribution in [0.3, 0.4) is 0 Å². The normalized spacial score (nSPS) is 22.5. The highest BCUT2D eigenvalue weighted by Crippen LogP contribution is 2.25. The summed E-state index contributed by atoms with van der Waals surface area (Å²) in [5.41, 5.74) is 0.314. The highest BCUT2D eigenvalue weighted by molar-refractivity contribution is 4.89. The highest BCUT2D eigenvalue weighted by Gasteiger charge is 2.32. The van der Waals surface area contributed by atoms with Gasteiger partial charge in [0.1, 0.15) is 0 Å². The maximum absolute atomic E-state index is 5.54. The van der Waals surface area contributed by atoms with E-state index >= 15 is 0 Å². The topological polar surface area (TPSA) is 21.3 Å². The van der Waals surface area contributed by atoms with Crippen LogP contribution < -0.4 is 5.32 Å². The summed E-state index contributed by atoms with van der Waals surface area (Å²) in [5.74, 6) is 0. The number of ether oxygens (including phenoxy) is 1. The first-order valence-corrected chi connectivity index (χ1v) is 9.16. The predicted octanol–water partition coefficient (Wildman–Crippen LogP) is 5.41. The Balaban J connectivity index is 1.91. The van der Waals surface area contributed by atoms with Crippen LogP contribution in [0.5, 0.6) is 0 Å². The van der Waals surface area contributed by atoms with Gasteiger partial charge in [-0.3, -0.25) is 5.32 Å². The van der Waals surface area contributed by atoms with Crippen LogP contribution in [0.2, 0.25) is 0 Å². The molecule has 0 aromatic carbocycles. The van der Waals surface area contributed by atoms with Gasteiger partial charge in [-0.15, -0.1) is 0 Å². The van der Waals surface area contributed by atoms with E-state index in [2.05, 4.69) is 19.2 Å². The third kappa shape index (κ3) is 7.64. The van der Waals surface area contributed by atoms with Gasteiger partial charge >= 0.3 is 0 Å². The van der Waals surface area contributed by atoms with Crippen LogP contribution in [0.15, 0.2) is 0 Å². The van der Waals surface area contributed by atoms with Crippen molar-refractivity contribution in [3.05, 3.63) is 0 Å². The van der Waals surface area contributed by atoms with Crippen LogP contribution in [0.1, 0.15) is 97.3 Å². The lowest BCUT2D eigenvalue weighted by Gasteiger charge is -2.27. The summed E-state index contributed by atoms with van der Waals surface area (Å²) in [6.07, 6.45) is 18.1. The molecule has 1 aliphatic rings. The molecule has 1 saturated heterocycles. The van der Waals surface area contributed by atoms with Gasteiger partial charge in [-0.1, -0.05) is 84.5 Å². The van der Waals surface area contributed by atoms with Crippen molar-refractivity contribution in [3.63, 3.8) is 0 Å². The van der Waals surface area contributed by atoms with Crippen molar-refractivity contribution >= 4 is 0 Å². The average molecular weight is 283 g/mol. The summed E-state index contributed by atoms with van der Waals surface area (Å²) in [7, 11) is 0. The minimum Gasteiger partial charge on any atom is -0.364 e. The van der Waals surface area contributed by atoms with Gasteiger partial charge in [0.05, 0.1) is 13.3 Å². The Morgan fingerprint density at radius 2 is 1.35 bits per heavy atom. The van der Waals surface area contributed by atoms with Gasteiger partial charge in [-0.25, -0.2) is 0 Å². The zero-order valence-corrected chi connectivity index (χ0v) is 14.0. The summed E-state index contributed by atoms with van der Waals surface area (Å²) in [5, 5.41) is 3.58. The molecule has 0 aromatic heterocycles. The number of hydrogen-bond acceptors (Lipinski definition) is 2. The van der Waals surface area contributed by atoms with Crippen molar-refractivity contribution < 1.29 is 4.74 Å². The van der Waals surface area contributed by atoms with E-state index in [0.29, 0.717) is 5.54 Å². The molecule has 20 heavy (non-hydrogen) atoms. The SMILES string of the molecule is CCCCCCCCCCCCC1(CCC)COCN1. The van der Waals surface area contributed by atoms with Gasteiger partial charge < -0.3 is 4.74 Å². The smallest absolute Gasteiger partial charge is 0.0971 e. The first-order valence-electron chi connectivity index (χ1n) is 9.16. The fraction of sp³-hybridized carbons (Fsp3) is 1.00. The van der Waals surface area contributed by atoms with Crippen molar-refractivity contribution in [2.45, 2.75) is 103 Å². The molecule has 0 amide bonds. The molecule has 1 rings (SSSR count). The summed E-state index contributed by atoms with van der Waals surface area (Å²) < 4.78 is 5.54. The third-order valence-corrected chi connectivity index (χ3v) is 4.67. The molecule has 0 saturated carbocycles. The fourth-order valence-corrected chi connectivity index (χ4v) is 3.38. The Hall–Kier alpha value is -0.0800. The number of hydrogen-bond donors (Lipinski definition) is 1. The zero-order valence-electron chi connectivity index (χ0n) is 14.0. The lowest BCUT2D eigenvalue weighted by atomic mass is 9.89. The molecule has 1 unspecified atom stereocenters. The summed E-state index contributed by atoms with van der Waals surface area (Å²) >= 11 is 0. The monoisotopic (exact) mass is 283 g/mol. The van der Waals surface area contributed by atoms with Crippen molar-refractivity contribution in [2.24, 2.45) is 0 Å². The molecule has 0 bridgehead atoms. The third-order valence-electron chi connectivity index (χ3n) is 4.67. The molecule has 1 aliphatic heterocycles. The van der Waals surface area contributed by atoms with Crippen molar-refractivity contribution in [2.75, 3.05) is 13.3 Å². The standard InChI is InChI=1S/C18H37NO/c1-3-5-6-7-8-9-10-11-12-13-15-18(14-4-2)16-20-17-19-18/h19H,3-17H2,1-2H3. The lowest BCUT2D eigenvalue weighted by Crippen LogP contribution is -2.42. The molecule has 1 atom stereocenters. The van der Waals surface area contributed by atoms with Crippen LogP contribution in [0, 0.1) is 0 Å². The first-order chi connectivity index (χ1) is 9.83. The van der Waals surface area contributed by atoms with Crippen LogP contribution in [0.25, 0.3) is 0 Å². The first kappa shape index (κ1) is 18.0. The van der Waals surface area contributed by atoms with Crippen LogP contribution >= 0.6 is 0 Å². The summed E-state index contributed by atoms with van der Waals surface area (Å²) in [6.45, 7) is 6.26. The summed E-state index contributed by atoms with van der Waals surface area (Å²) in [6, 6.07) is 0. The minimum atomic E-state index is 0.314. The maximum atomic E-state index is 5.54. The maximum Gasteiger partial charge on any atom is 0.0971 e. The van der Waals surface area contributed by atoms with E-state index < -0.39 is 0 Å². The molecule has 2 heteroatoms. The number of nitrogens with one attached hydrogen (secondary N) is 1. The molecular weight excluding hydrogens is 246 g/mol. The summed E-state index contributed by atoms with van der Waals surface area (Å²) in [4.78, 5) is 0. The predicted molar refractivity (Wildman–Crippen MR) is 88.1 cm³/mol. The molecule has 1 heterocycles. The highest BCUT2D eigenvalue weighted by atomic mass is 16.5. The van der Waals surface area contributed by atoms with E-state index in [0.717, 1.165) is 13.3 Å². The molecule has 0 radical (unpaired) electrons. The molecule has 0 spiro atoms. The van der Waals surface area contributed by atoms with Gasteiger partial charge in [0, 0.05) is 5.54 Å². The van der Waals surface area contributed by atoms with E-state index in [9.17, 15) is 0 Å². The Labute approximate surface area is 127 Å². The molecule has 0 aromatic rings. The Bertz CT molecular complexity index is 211. The van der Waals surface area contributed by atoms with Gasteiger partial charge in [0.2, 0.25) is 0 Å². The van der Waals surface area contributed by atoms with Gasteiger partial charge in [-0.05, 0) is 12.8 Å². The van der Waals surface area contributed by atoms with Crippen LogP contribution in [-0.2, 0) is 4.74 Å². The molecule has 2 nitrogen and oxygen atoms in total. The Morgan fingerprint density at radius 1 is 0.750 bits per heavy atom. The second kappa shape index (κ2) is 11.6. The van der Waals surface area contributed by atoms with Crippen molar-refractivity contribution in [1.29, 1.82) is 0 Å². The van der Waals surface area contributed by atoms with E-state index in [1.54, 1.807) is 0 Å². The second-order valence-electron chi connectivity index (χ2n) is 6.63. The van der Waals surface area contributed by atoms with E-state index in [4.69, 9.17) is 4.74 Å². The van der Waals surface area contributed by atoms with Crippen LogP contribution in [0.4, 0.5) is 0 Å². The Kier molecular flexibility index (Phi) is 10.4. The average Bonchev–Trinajstić information content (AvgIpc) is 2.90. The van der Waals surface area contributed by atoms with Gasteiger partial charge in [-0.2, -0.15) is 0 Å².